The number of hydrogen-bond donors (Lipinski definition) is 1. The van der Waals surface area contributed by atoms with Gasteiger partial charge in [0.25, 0.3) is 5.69 Å². The third-order valence-electron chi connectivity index (χ3n) is 3.30. The molecule has 0 aliphatic heterocycles. The zero-order chi connectivity index (χ0) is 17.0. The molecule has 0 aliphatic carbocycles. The van der Waals surface area contributed by atoms with Crippen LogP contribution in [0.4, 0.5) is 5.69 Å². The van der Waals surface area contributed by atoms with Crippen molar-refractivity contribution >= 4 is 15.7 Å². The van der Waals surface area contributed by atoms with Crippen molar-refractivity contribution in [1.29, 1.82) is 0 Å². The van der Waals surface area contributed by atoms with Crippen molar-refractivity contribution in [1.82, 2.24) is 9.62 Å². The van der Waals surface area contributed by atoms with E-state index in [-0.39, 0.29) is 23.2 Å². The van der Waals surface area contributed by atoms with E-state index in [1.807, 2.05) is 4.90 Å². The molecule has 2 rings (SSSR count). The van der Waals surface area contributed by atoms with Crippen molar-refractivity contribution in [3.63, 3.8) is 0 Å². The molecule has 0 amide bonds. The third-order valence-corrected chi connectivity index (χ3v) is 4.72. The summed E-state index contributed by atoms with van der Waals surface area (Å²) < 4.78 is 32.4. The molecule has 1 heterocycles. The molecule has 1 N–H and O–H groups in total. The first kappa shape index (κ1) is 17.1. The number of likely N-dealkylation sites (N-methyl/N-ethyl adjacent to an activating group) is 1. The van der Waals surface area contributed by atoms with E-state index >= 15 is 0 Å². The SMILES string of the molecule is CN(C)[C@@H](CNS(=O)(=O)c1cccc([N+](=O)[O-])c1)c1ccco1. The minimum atomic E-state index is -3.86. The van der Waals surface area contributed by atoms with Gasteiger partial charge in [-0.15, -0.1) is 0 Å². The fourth-order valence-corrected chi connectivity index (χ4v) is 3.13. The summed E-state index contributed by atoms with van der Waals surface area (Å²) in [5.41, 5.74) is -0.275. The van der Waals surface area contributed by atoms with E-state index in [0.29, 0.717) is 5.76 Å². The van der Waals surface area contributed by atoms with Gasteiger partial charge in [0.2, 0.25) is 10.0 Å². The second kappa shape index (κ2) is 6.90. The van der Waals surface area contributed by atoms with Gasteiger partial charge in [-0.3, -0.25) is 15.0 Å². The molecule has 2 aromatic rings. The van der Waals surface area contributed by atoms with Crippen molar-refractivity contribution in [3.8, 4) is 0 Å². The van der Waals surface area contributed by atoms with Gasteiger partial charge >= 0.3 is 0 Å². The second-order valence-corrected chi connectivity index (χ2v) is 6.87. The quantitative estimate of drug-likeness (QED) is 0.609. The Morgan fingerprint density at radius 1 is 1.30 bits per heavy atom. The van der Waals surface area contributed by atoms with Crippen LogP contribution in [0.2, 0.25) is 0 Å². The largest absolute Gasteiger partial charge is 0.468 e. The number of rotatable bonds is 7. The number of benzene rings is 1. The molecule has 1 aromatic heterocycles. The van der Waals surface area contributed by atoms with Crippen molar-refractivity contribution < 1.29 is 17.8 Å². The highest BCUT2D eigenvalue weighted by Gasteiger charge is 2.22. The summed E-state index contributed by atoms with van der Waals surface area (Å²) in [6.07, 6.45) is 1.51. The first-order valence-corrected chi connectivity index (χ1v) is 8.23. The molecule has 0 radical (unpaired) electrons. The summed E-state index contributed by atoms with van der Waals surface area (Å²) in [4.78, 5) is 11.8. The second-order valence-electron chi connectivity index (χ2n) is 5.10. The van der Waals surface area contributed by atoms with E-state index in [1.165, 1.54) is 24.5 Å². The van der Waals surface area contributed by atoms with E-state index in [2.05, 4.69) is 4.72 Å². The maximum absolute atomic E-state index is 12.3. The molecule has 9 heteroatoms. The van der Waals surface area contributed by atoms with E-state index < -0.39 is 14.9 Å². The zero-order valence-electron chi connectivity index (χ0n) is 12.7. The van der Waals surface area contributed by atoms with Crippen LogP contribution in [-0.2, 0) is 10.0 Å². The Morgan fingerprint density at radius 2 is 2.04 bits per heavy atom. The fourth-order valence-electron chi connectivity index (χ4n) is 2.05. The van der Waals surface area contributed by atoms with Gasteiger partial charge in [-0.05, 0) is 32.3 Å². The minimum Gasteiger partial charge on any atom is -0.468 e. The normalized spacial score (nSPS) is 13.2. The summed E-state index contributed by atoms with van der Waals surface area (Å²) in [7, 11) is -0.258. The third kappa shape index (κ3) is 4.15. The first-order valence-electron chi connectivity index (χ1n) is 6.75. The van der Waals surface area contributed by atoms with Crippen molar-refractivity contribution in [2.45, 2.75) is 10.9 Å². The van der Waals surface area contributed by atoms with Crippen LogP contribution >= 0.6 is 0 Å². The van der Waals surface area contributed by atoms with Gasteiger partial charge in [0.1, 0.15) is 5.76 Å². The van der Waals surface area contributed by atoms with Crippen LogP contribution in [0.15, 0.2) is 52.0 Å². The van der Waals surface area contributed by atoms with E-state index in [9.17, 15) is 18.5 Å². The van der Waals surface area contributed by atoms with Crippen molar-refractivity contribution in [2.75, 3.05) is 20.6 Å². The van der Waals surface area contributed by atoms with Crippen molar-refractivity contribution in [3.05, 3.63) is 58.5 Å². The van der Waals surface area contributed by atoms with Gasteiger partial charge in [-0.1, -0.05) is 6.07 Å². The predicted molar refractivity (Wildman–Crippen MR) is 83.4 cm³/mol. The lowest BCUT2D eigenvalue weighted by atomic mass is 10.2. The molecule has 1 atom stereocenters. The number of nitro groups is 1. The van der Waals surface area contributed by atoms with Gasteiger partial charge in [0.05, 0.1) is 22.1 Å². The fraction of sp³-hybridized carbons (Fsp3) is 0.286. The molecule has 0 saturated heterocycles. The van der Waals surface area contributed by atoms with E-state index in [1.54, 1.807) is 26.2 Å². The summed E-state index contributed by atoms with van der Waals surface area (Å²) in [6.45, 7) is 0.0749. The number of sulfonamides is 1. The smallest absolute Gasteiger partial charge is 0.270 e. The summed E-state index contributed by atoms with van der Waals surface area (Å²) in [5.74, 6) is 0.622. The molecule has 8 nitrogen and oxygen atoms in total. The number of nitrogens with one attached hydrogen (secondary N) is 1. The molecule has 0 aliphatic rings. The Kier molecular flexibility index (Phi) is 5.14. The number of nitrogens with zero attached hydrogens (tertiary/aromatic N) is 2. The maximum Gasteiger partial charge on any atom is 0.270 e. The monoisotopic (exact) mass is 339 g/mol. The predicted octanol–water partition coefficient (Wildman–Crippen LogP) is 1.77. The molecule has 23 heavy (non-hydrogen) atoms. The van der Waals surface area contributed by atoms with Crippen LogP contribution in [0.25, 0.3) is 0 Å². The van der Waals surface area contributed by atoms with Crippen LogP contribution in [-0.4, -0.2) is 38.9 Å². The summed E-state index contributed by atoms with van der Waals surface area (Å²) in [5, 5.41) is 10.8. The Morgan fingerprint density at radius 3 is 2.61 bits per heavy atom. The number of hydrogen-bond acceptors (Lipinski definition) is 6. The molecule has 0 spiro atoms. The van der Waals surface area contributed by atoms with E-state index in [0.717, 1.165) is 6.07 Å². The Labute approximate surface area is 133 Å². The summed E-state index contributed by atoms with van der Waals surface area (Å²) >= 11 is 0. The molecule has 0 unspecified atom stereocenters. The molecule has 0 fully saturated rings. The number of nitro benzene ring substituents is 1. The zero-order valence-corrected chi connectivity index (χ0v) is 13.5. The maximum atomic E-state index is 12.3. The van der Waals surface area contributed by atoms with E-state index in [4.69, 9.17) is 4.42 Å². The molecular formula is C14H17N3O5S. The van der Waals surface area contributed by atoms with Crippen LogP contribution < -0.4 is 4.72 Å². The molecule has 0 bridgehead atoms. The van der Waals surface area contributed by atoms with Crippen LogP contribution in [0.3, 0.4) is 0 Å². The summed E-state index contributed by atoms with van der Waals surface area (Å²) in [6, 6.07) is 8.10. The standard InChI is InChI=1S/C14H17N3O5S/c1-16(2)13(14-7-4-8-22-14)10-15-23(20,21)12-6-3-5-11(9-12)17(18)19/h3-9,13,15H,10H2,1-2H3/t13-/m0/s1. The van der Waals surface area contributed by atoms with Gasteiger partial charge in [0, 0.05) is 18.7 Å². The topological polar surface area (TPSA) is 106 Å². The molecule has 0 saturated carbocycles. The van der Waals surface area contributed by atoms with Gasteiger partial charge < -0.3 is 4.42 Å². The van der Waals surface area contributed by atoms with Gasteiger partial charge in [-0.2, -0.15) is 0 Å². The lowest BCUT2D eigenvalue weighted by molar-refractivity contribution is -0.385. The first-order chi connectivity index (χ1) is 10.8. The highest BCUT2D eigenvalue weighted by atomic mass is 32.2. The lowest BCUT2D eigenvalue weighted by Crippen LogP contribution is -2.34. The van der Waals surface area contributed by atoms with Gasteiger partial charge in [0.15, 0.2) is 0 Å². The van der Waals surface area contributed by atoms with Crippen LogP contribution in [0, 0.1) is 10.1 Å². The van der Waals surface area contributed by atoms with Crippen molar-refractivity contribution in [2.24, 2.45) is 0 Å². The molecule has 1 aromatic carbocycles. The van der Waals surface area contributed by atoms with Crippen LogP contribution in [0.1, 0.15) is 11.8 Å². The Balaban J connectivity index is 2.18. The highest BCUT2D eigenvalue weighted by Crippen LogP contribution is 2.20. The molecule has 124 valence electrons. The Hall–Kier alpha value is -2.23. The molecular weight excluding hydrogens is 322 g/mol. The van der Waals surface area contributed by atoms with Crippen LogP contribution in [0.5, 0.6) is 0 Å². The highest BCUT2D eigenvalue weighted by molar-refractivity contribution is 7.89. The average molecular weight is 339 g/mol. The number of furan rings is 1. The lowest BCUT2D eigenvalue weighted by Gasteiger charge is -2.22. The Bertz CT molecular complexity index is 771. The minimum absolute atomic E-state index is 0.0749. The average Bonchev–Trinajstić information content (AvgIpc) is 3.01. The van der Waals surface area contributed by atoms with Gasteiger partial charge in [-0.25, -0.2) is 13.1 Å². The number of non-ortho nitro benzene ring substituents is 1.